The summed E-state index contributed by atoms with van der Waals surface area (Å²) < 4.78 is 5.34. The zero-order valence-corrected chi connectivity index (χ0v) is 13.9. The quantitative estimate of drug-likeness (QED) is 0.754. The number of hydrogen-bond acceptors (Lipinski definition) is 4. The predicted octanol–water partition coefficient (Wildman–Crippen LogP) is 1.79. The summed E-state index contributed by atoms with van der Waals surface area (Å²) in [6, 6.07) is 6.27. The third kappa shape index (κ3) is 4.17. The molecule has 1 aliphatic heterocycles. The molecule has 0 radical (unpaired) electrons. The van der Waals surface area contributed by atoms with E-state index in [4.69, 9.17) is 4.74 Å². The van der Waals surface area contributed by atoms with Crippen molar-refractivity contribution in [3.8, 4) is 0 Å². The Morgan fingerprint density at radius 3 is 2.68 bits per heavy atom. The Morgan fingerprint density at radius 2 is 1.96 bits per heavy atom. The average Bonchev–Trinajstić information content (AvgIpc) is 3.26. The summed E-state index contributed by atoms with van der Waals surface area (Å²) in [4.78, 5) is 35.7. The molecule has 1 saturated carbocycles. The monoisotopic (exact) mass is 346 g/mol. The molecule has 7 nitrogen and oxygen atoms in total. The highest BCUT2D eigenvalue weighted by atomic mass is 16.5. The lowest BCUT2D eigenvalue weighted by atomic mass is 10.0. The summed E-state index contributed by atoms with van der Waals surface area (Å²) in [7, 11) is 0. The largest absolute Gasteiger partial charge is 0.481 e. The second-order valence-corrected chi connectivity index (χ2v) is 6.53. The van der Waals surface area contributed by atoms with Gasteiger partial charge in [0, 0.05) is 23.9 Å². The van der Waals surface area contributed by atoms with E-state index in [1.165, 1.54) is 0 Å². The number of amides is 2. The molecule has 2 amide bonds. The van der Waals surface area contributed by atoms with Gasteiger partial charge in [-0.25, -0.2) is 0 Å². The fourth-order valence-corrected chi connectivity index (χ4v) is 3.43. The standard InChI is InChI=1S/C18H22N2O5/c21-16(20-14-7-2-6-13(14)18(23)24)11-4-1-5-12(10-11)19-17(22)15-8-3-9-25-15/h1,4-5,10,13-15H,2-3,6-9H2,(H,19,22)(H,20,21)(H,23,24)/t13-,14+,15?/m1/s1. The van der Waals surface area contributed by atoms with Crippen molar-refractivity contribution < 1.29 is 24.2 Å². The van der Waals surface area contributed by atoms with Gasteiger partial charge >= 0.3 is 5.97 Å². The van der Waals surface area contributed by atoms with Crippen LogP contribution in [0, 0.1) is 5.92 Å². The molecule has 1 aromatic carbocycles. The van der Waals surface area contributed by atoms with Crippen molar-refractivity contribution in [2.45, 2.75) is 44.2 Å². The van der Waals surface area contributed by atoms with Crippen LogP contribution in [-0.2, 0) is 14.3 Å². The topological polar surface area (TPSA) is 105 Å². The van der Waals surface area contributed by atoms with Crippen molar-refractivity contribution in [3.63, 3.8) is 0 Å². The van der Waals surface area contributed by atoms with Crippen molar-refractivity contribution in [3.05, 3.63) is 29.8 Å². The second kappa shape index (κ2) is 7.65. The highest BCUT2D eigenvalue weighted by Gasteiger charge is 2.34. The van der Waals surface area contributed by atoms with Crippen molar-refractivity contribution in [2.75, 3.05) is 11.9 Å². The molecule has 134 valence electrons. The molecule has 1 unspecified atom stereocenters. The Kier molecular flexibility index (Phi) is 5.33. The van der Waals surface area contributed by atoms with Crippen molar-refractivity contribution >= 4 is 23.5 Å². The normalized spacial score (nSPS) is 25.5. The van der Waals surface area contributed by atoms with Crippen LogP contribution in [-0.4, -0.2) is 41.6 Å². The predicted molar refractivity (Wildman–Crippen MR) is 90.3 cm³/mol. The van der Waals surface area contributed by atoms with E-state index in [2.05, 4.69) is 10.6 Å². The number of ether oxygens (including phenoxy) is 1. The number of carboxylic acids is 1. The van der Waals surface area contributed by atoms with Crippen molar-refractivity contribution in [1.82, 2.24) is 5.32 Å². The summed E-state index contributed by atoms with van der Waals surface area (Å²) in [5, 5.41) is 14.8. The SMILES string of the molecule is O=C(N[C@H]1CCC[C@H]1C(=O)O)c1cccc(NC(=O)C2CCCO2)c1. The van der Waals surface area contributed by atoms with Gasteiger partial charge in [0.25, 0.3) is 11.8 Å². The fraction of sp³-hybridized carbons (Fsp3) is 0.500. The molecule has 25 heavy (non-hydrogen) atoms. The zero-order valence-electron chi connectivity index (χ0n) is 13.9. The smallest absolute Gasteiger partial charge is 0.308 e. The average molecular weight is 346 g/mol. The molecule has 1 aromatic rings. The molecule has 3 N–H and O–H groups in total. The van der Waals surface area contributed by atoms with Gasteiger partial charge in [-0.2, -0.15) is 0 Å². The molecule has 0 bridgehead atoms. The maximum absolute atomic E-state index is 12.4. The van der Waals surface area contributed by atoms with Crippen molar-refractivity contribution in [1.29, 1.82) is 0 Å². The molecular formula is C18H22N2O5. The number of carboxylic acid groups (broad SMARTS) is 1. The Hall–Kier alpha value is -2.41. The van der Waals surface area contributed by atoms with E-state index in [-0.39, 0.29) is 17.9 Å². The van der Waals surface area contributed by atoms with E-state index < -0.39 is 18.0 Å². The van der Waals surface area contributed by atoms with Gasteiger partial charge in [-0.3, -0.25) is 14.4 Å². The van der Waals surface area contributed by atoms with Crippen LogP contribution in [0.3, 0.4) is 0 Å². The van der Waals surface area contributed by atoms with Crippen LogP contribution in [0.4, 0.5) is 5.69 Å². The van der Waals surface area contributed by atoms with Crippen LogP contribution in [0.1, 0.15) is 42.5 Å². The Morgan fingerprint density at radius 1 is 1.12 bits per heavy atom. The summed E-state index contributed by atoms with van der Waals surface area (Å²) in [5.41, 5.74) is 0.913. The molecule has 2 fully saturated rings. The van der Waals surface area contributed by atoms with E-state index >= 15 is 0 Å². The van der Waals surface area contributed by atoms with Gasteiger partial charge in [-0.1, -0.05) is 12.5 Å². The fourth-order valence-electron chi connectivity index (χ4n) is 3.43. The molecule has 0 aromatic heterocycles. The third-order valence-corrected chi connectivity index (χ3v) is 4.76. The first kappa shape index (κ1) is 17.4. The Bertz CT molecular complexity index is 669. The summed E-state index contributed by atoms with van der Waals surface area (Å²) in [6.45, 7) is 0.590. The number of nitrogens with one attached hydrogen (secondary N) is 2. The molecule has 3 rings (SSSR count). The van der Waals surface area contributed by atoms with Crippen molar-refractivity contribution in [2.24, 2.45) is 5.92 Å². The summed E-state index contributed by atoms with van der Waals surface area (Å²) in [6.07, 6.45) is 3.17. The number of benzene rings is 1. The molecule has 1 aliphatic carbocycles. The highest BCUT2D eigenvalue weighted by molar-refractivity contribution is 5.98. The molecule has 1 saturated heterocycles. The minimum Gasteiger partial charge on any atom is -0.481 e. The van der Waals surface area contributed by atoms with E-state index in [0.717, 1.165) is 12.8 Å². The Balaban J connectivity index is 1.63. The molecule has 0 spiro atoms. The van der Waals surface area contributed by atoms with Gasteiger partial charge in [0.2, 0.25) is 0 Å². The zero-order chi connectivity index (χ0) is 17.8. The lowest BCUT2D eigenvalue weighted by Gasteiger charge is -2.18. The first-order chi connectivity index (χ1) is 12.0. The van der Waals surface area contributed by atoms with Crippen LogP contribution in [0.2, 0.25) is 0 Å². The number of rotatable bonds is 5. The first-order valence-electron chi connectivity index (χ1n) is 8.61. The van der Waals surface area contributed by atoms with Gasteiger partial charge in [-0.05, 0) is 43.9 Å². The lowest BCUT2D eigenvalue weighted by Crippen LogP contribution is -2.40. The maximum atomic E-state index is 12.4. The van der Waals surface area contributed by atoms with Gasteiger partial charge in [-0.15, -0.1) is 0 Å². The lowest BCUT2D eigenvalue weighted by molar-refractivity contribution is -0.142. The van der Waals surface area contributed by atoms with Crippen LogP contribution >= 0.6 is 0 Å². The van der Waals surface area contributed by atoms with Crippen LogP contribution in [0.15, 0.2) is 24.3 Å². The summed E-state index contributed by atoms with van der Waals surface area (Å²) >= 11 is 0. The number of carbonyl (C=O) groups excluding carboxylic acids is 2. The van der Waals surface area contributed by atoms with E-state index in [1.807, 2.05) is 0 Å². The second-order valence-electron chi connectivity index (χ2n) is 6.53. The molecule has 3 atom stereocenters. The Labute approximate surface area is 145 Å². The minimum atomic E-state index is -0.875. The molecule has 7 heteroatoms. The van der Waals surface area contributed by atoms with Gasteiger partial charge in [0.05, 0.1) is 5.92 Å². The van der Waals surface area contributed by atoms with Gasteiger partial charge in [0.1, 0.15) is 6.10 Å². The van der Waals surface area contributed by atoms with E-state index in [9.17, 15) is 19.5 Å². The number of anilines is 1. The van der Waals surface area contributed by atoms with Crippen LogP contribution in [0.25, 0.3) is 0 Å². The van der Waals surface area contributed by atoms with Crippen LogP contribution in [0.5, 0.6) is 0 Å². The van der Waals surface area contributed by atoms with E-state index in [1.54, 1.807) is 24.3 Å². The third-order valence-electron chi connectivity index (χ3n) is 4.76. The molecular weight excluding hydrogens is 324 g/mol. The van der Waals surface area contributed by atoms with E-state index in [0.29, 0.717) is 37.1 Å². The van der Waals surface area contributed by atoms with Gasteiger partial charge in [0.15, 0.2) is 0 Å². The minimum absolute atomic E-state index is 0.211. The number of carbonyl (C=O) groups is 3. The summed E-state index contributed by atoms with van der Waals surface area (Å²) in [5.74, 6) is -1.95. The van der Waals surface area contributed by atoms with Gasteiger partial charge < -0.3 is 20.5 Å². The number of aliphatic carboxylic acids is 1. The number of hydrogen-bond donors (Lipinski definition) is 3. The maximum Gasteiger partial charge on any atom is 0.308 e. The first-order valence-corrected chi connectivity index (χ1v) is 8.61. The molecule has 2 aliphatic rings. The van der Waals surface area contributed by atoms with Crippen LogP contribution < -0.4 is 10.6 Å². The molecule has 1 heterocycles. The highest BCUT2D eigenvalue weighted by Crippen LogP contribution is 2.26.